The van der Waals surface area contributed by atoms with E-state index in [9.17, 15) is 8.42 Å². The maximum absolute atomic E-state index is 12.6. The van der Waals surface area contributed by atoms with Gasteiger partial charge in [-0.25, -0.2) is 13.1 Å². The Morgan fingerprint density at radius 3 is 2.22 bits per heavy atom. The van der Waals surface area contributed by atoms with Gasteiger partial charge in [0.1, 0.15) is 10.6 Å². The van der Waals surface area contributed by atoms with Gasteiger partial charge in [0.05, 0.1) is 29.4 Å². The lowest BCUT2D eigenvalue weighted by Crippen LogP contribution is -2.52. The van der Waals surface area contributed by atoms with Crippen molar-refractivity contribution in [2.24, 2.45) is 17.8 Å². The van der Waals surface area contributed by atoms with Gasteiger partial charge in [-0.1, -0.05) is 23.2 Å². The van der Waals surface area contributed by atoms with E-state index in [0.717, 1.165) is 37.0 Å². The van der Waals surface area contributed by atoms with Crippen molar-refractivity contribution in [1.29, 1.82) is 0 Å². The Morgan fingerprint density at radius 2 is 1.67 bits per heavy atom. The number of ether oxygens (including phenoxy) is 2. The Bertz CT molecular complexity index is 792. The number of halogens is 2. The molecule has 0 spiro atoms. The van der Waals surface area contributed by atoms with E-state index in [1.165, 1.54) is 38.5 Å². The van der Waals surface area contributed by atoms with Crippen LogP contribution in [0.25, 0.3) is 0 Å². The van der Waals surface area contributed by atoms with E-state index in [-0.39, 0.29) is 27.1 Å². The maximum Gasteiger partial charge on any atom is 0.242 e. The first-order valence-corrected chi connectivity index (χ1v) is 11.7. The standard InChI is InChI=1S/C19H25Cl2NO4S/c1-25-17-7-16(21)18(8-15(17)20)27(23,24)22-2-3-26-19-9-12-4-13(10-19)6-14(5-12)11-19/h7-8,12-14,22H,2-6,9-11H2,1H3. The fourth-order valence-corrected chi connectivity index (χ4v) is 7.46. The van der Waals surface area contributed by atoms with Gasteiger partial charge in [-0.15, -0.1) is 0 Å². The van der Waals surface area contributed by atoms with Crippen LogP contribution in [0, 0.1) is 17.8 Å². The van der Waals surface area contributed by atoms with Crippen LogP contribution >= 0.6 is 23.2 Å². The SMILES string of the molecule is COc1cc(Cl)c(S(=O)(=O)NCCOC23CC4CC(CC(C4)C2)C3)cc1Cl. The van der Waals surface area contributed by atoms with Crippen LogP contribution in [0.15, 0.2) is 17.0 Å². The second-order valence-corrected chi connectivity index (χ2v) is 10.8. The third-order valence-electron chi connectivity index (χ3n) is 6.28. The first-order valence-electron chi connectivity index (χ1n) is 9.47. The molecule has 1 aromatic rings. The van der Waals surface area contributed by atoms with Crippen LogP contribution in [0.1, 0.15) is 38.5 Å². The molecule has 0 aromatic heterocycles. The Hall–Kier alpha value is -0.530. The van der Waals surface area contributed by atoms with Crippen molar-refractivity contribution >= 4 is 33.2 Å². The van der Waals surface area contributed by atoms with Crippen molar-refractivity contribution in [3.8, 4) is 5.75 Å². The fraction of sp³-hybridized carbons (Fsp3) is 0.684. The van der Waals surface area contributed by atoms with Crippen molar-refractivity contribution in [3.05, 3.63) is 22.2 Å². The molecule has 4 aliphatic carbocycles. The van der Waals surface area contributed by atoms with Gasteiger partial charge in [0, 0.05) is 12.6 Å². The highest BCUT2D eigenvalue weighted by Gasteiger charge is 2.51. The molecule has 27 heavy (non-hydrogen) atoms. The minimum absolute atomic E-state index is 0.0265. The van der Waals surface area contributed by atoms with Crippen LogP contribution in [0.5, 0.6) is 5.75 Å². The first-order chi connectivity index (χ1) is 12.8. The van der Waals surface area contributed by atoms with Crippen LogP contribution in [0.2, 0.25) is 10.0 Å². The summed E-state index contributed by atoms with van der Waals surface area (Å²) in [6, 6.07) is 2.72. The normalized spacial score (nSPS) is 32.0. The minimum Gasteiger partial charge on any atom is -0.495 e. The lowest BCUT2D eigenvalue weighted by atomic mass is 9.54. The molecule has 150 valence electrons. The maximum atomic E-state index is 12.6. The lowest BCUT2D eigenvalue weighted by Gasteiger charge is -2.56. The van der Waals surface area contributed by atoms with Gasteiger partial charge in [-0.3, -0.25) is 0 Å². The molecule has 4 fully saturated rings. The van der Waals surface area contributed by atoms with E-state index in [2.05, 4.69) is 4.72 Å². The summed E-state index contributed by atoms with van der Waals surface area (Å²) in [7, 11) is -2.32. The molecule has 4 bridgehead atoms. The molecule has 5 nitrogen and oxygen atoms in total. The summed E-state index contributed by atoms with van der Waals surface area (Å²) in [5.74, 6) is 2.74. The molecule has 4 aliphatic rings. The van der Waals surface area contributed by atoms with Crippen molar-refractivity contribution in [1.82, 2.24) is 4.72 Å². The number of benzene rings is 1. The molecule has 0 amide bonds. The first kappa shape index (κ1) is 19.8. The van der Waals surface area contributed by atoms with Crippen LogP contribution in [0.4, 0.5) is 0 Å². The summed E-state index contributed by atoms with van der Waals surface area (Å²) < 4.78 is 39.0. The van der Waals surface area contributed by atoms with Crippen molar-refractivity contribution in [2.75, 3.05) is 20.3 Å². The topological polar surface area (TPSA) is 64.6 Å². The molecule has 5 rings (SSSR count). The van der Waals surface area contributed by atoms with Crippen molar-refractivity contribution in [3.63, 3.8) is 0 Å². The zero-order valence-electron chi connectivity index (χ0n) is 15.3. The Morgan fingerprint density at radius 1 is 1.07 bits per heavy atom. The van der Waals surface area contributed by atoms with E-state index in [0.29, 0.717) is 12.4 Å². The second kappa shape index (κ2) is 7.38. The Balaban J connectivity index is 1.36. The highest BCUT2D eigenvalue weighted by Crippen LogP contribution is 2.57. The fourth-order valence-electron chi connectivity index (χ4n) is 5.60. The Kier molecular flexibility index (Phi) is 5.40. The average molecular weight is 434 g/mol. The van der Waals surface area contributed by atoms with E-state index in [1.807, 2.05) is 0 Å². The number of sulfonamides is 1. The van der Waals surface area contributed by atoms with Gasteiger partial charge in [0.25, 0.3) is 0 Å². The van der Waals surface area contributed by atoms with Crippen LogP contribution in [-0.2, 0) is 14.8 Å². The predicted molar refractivity (Wildman–Crippen MR) is 105 cm³/mol. The molecule has 0 heterocycles. The molecule has 0 atom stereocenters. The number of hydrogen-bond donors (Lipinski definition) is 1. The quantitative estimate of drug-likeness (QED) is 0.652. The highest BCUT2D eigenvalue weighted by atomic mass is 35.5. The molecular formula is C19H25Cl2NO4S. The smallest absolute Gasteiger partial charge is 0.242 e. The summed E-state index contributed by atoms with van der Waals surface area (Å²) >= 11 is 12.1. The van der Waals surface area contributed by atoms with Crippen molar-refractivity contribution < 1.29 is 17.9 Å². The third-order valence-corrected chi connectivity index (χ3v) is 8.50. The predicted octanol–water partition coefficient (Wildman–Crippen LogP) is 4.27. The number of hydrogen-bond acceptors (Lipinski definition) is 4. The van der Waals surface area contributed by atoms with E-state index in [4.69, 9.17) is 32.7 Å². The van der Waals surface area contributed by atoms with E-state index in [1.54, 1.807) is 0 Å². The summed E-state index contributed by atoms with van der Waals surface area (Å²) in [4.78, 5) is -0.0511. The van der Waals surface area contributed by atoms with Gasteiger partial charge >= 0.3 is 0 Å². The largest absolute Gasteiger partial charge is 0.495 e. The van der Waals surface area contributed by atoms with Crippen LogP contribution in [-0.4, -0.2) is 34.3 Å². The lowest BCUT2D eigenvalue weighted by molar-refractivity contribution is -0.160. The summed E-state index contributed by atoms with van der Waals surface area (Å²) in [6.45, 7) is 0.580. The zero-order chi connectivity index (χ0) is 19.2. The van der Waals surface area contributed by atoms with E-state index >= 15 is 0 Å². The monoisotopic (exact) mass is 433 g/mol. The molecule has 0 radical (unpaired) electrons. The highest BCUT2D eigenvalue weighted by molar-refractivity contribution is 7.89. The number of nitrogens with one attached hydrogen (secondary N) is 1. The molecule has 0 unspecified atom stereocenters. The molecule has 8 heteroatoms. The third kappa shape index (κ3) is 3.97. The summed E-state index contributed by atoms with van der Waals surface area (Å²) in [5, 5.41) is 0.276. The van der Waals surface area contributed by atoms with Crippen molar-refractivity contribution in [2.45, 2.75) is 49.0 Å². The molecule has 0 aliphatic heterocycles. The number of methoxy groups -OCH3 is 1. The molecule has 0 saturated heterocycles. The second-order valence-electron chi connectivity index (χ2n) is 8.26. The molecule has 4 saturated carbocycles. The van der Waals surface area contributed by atoms with Crippen LogP contribution in [0.3, 0.4) is 0 Å². The average Bonchev–Trinajstić information content (AvgIpc) is 2.59. The molecular weight excluding hydrogens is 409 g/mol. The van der Waals surface area contributed by atoms with Crippen LogP contribution < -0.4 is 9.46 Å². The van der Waals surface area contributed by atoms with Gasteiger partial charge < -0.3 is 9.47 Å². The minimum atomic E-state index is -3.77. The summed E-state index contributed by atoms with van der Waals surface area (Å²) in [5.41, 5.74) is -0.0265. The molecule has 1 N–H and O–H groups in total. The van der Waals surface area contributed by atoms with Gasteiger partial charge in [-0.2, -0.15) is 0 Å². The van der Waals surface area contributed by atoms with Gasteiger partial charge in [0.2, 0.25) is 10.0 Å². The summed E-state index contributed by atoms with van der Waals surface area (Å²) in [6.07, 6.45) is 7.45. The number of rotatable bonds is 7. The zero-order valence-corrected chi connectivity index (χ0v) is 17.7. The van der Waals surface area contributed by atoms with E-state index < -0.39 is 10.0 Å². The Labute approximate surface area is 170 Å². The van der Waals surface area contributed by atoms with Gasteiger partial charge in [0.15, 0.2) is 0 Å². The molecule has 1 aromatic carbocycles. The van der Waals surface area contributed by atoms with Gasteiger partial charge in [-0.05, 0) is 62.3 Å².